The van der Waals surface area contributed by atoms with Gasteiger partial charge in [0.2, 0.25) is 0 Å². The molecule has 1 aliphatic heterocycles. The summed E-state index contributed by atoms with van der Waals surface area (Å²) in [6, 6.07) is 16.1. The highest BCUT2D eigenvalue weighted by Gasteiger charge is 2.43. The monoisotopic (exact) mass is 452 g/mol. The van der Waals surface area contributed by atoms with Crippen LogP contribution in [0.2, 0.25) is 0 Å². The number of aryl methyl sites for hydroxylation is 3. The van der Waals surface area contributed by atoms with E-state index in [2.05, 4.69) is 61.8 Å². The first-order valence-corrected chi connectivity index (χ1v) is 11.5. The van der Waals surface area contributed by atoms with Crippen LogP contribution in [-0.4, -0.2) is 23.4 Å². The van der Waals surface area contributed by atoms with Gasteiger partial charge >= 0.3 is 5.97 Å². The number of aromatic nitrogens is 1. The number of ether oxygens (including phenoxy) is 1. The van der Waals surface area contributed by atoms with Crippen LogP contribution in [0, 0.1) is 27.7 Å². The molecular formula is C29H28N2O3. The van der Waals surface area contributed by atoms with Gasteiger partial charge in [-0.25, -0.2) is 4.79 Å². The van der Waals surface area contributed by atoms with Gasteiger partial charge in [0.25, 0.3) is 0 Å². The molecule has 0 spiro atoms. The molecule has 5 nitrogen and oxygen atoms in total. The van der Waals surface area contributed by atoms with Crippen molar-refractivity contribution < 1.29 is 14.3 Å². The summed E-state index contributed by atoms with van der Waals surface area (Å²) in [6.45, 7) is 10.2. The number of benzene rings is 2. The molecule has 2 aliphatic rings. The van der Waals surface area contributed by atoms with Gasteiger partial charge in [0.1, 0.15) is 0 Å². The molecule has 0 unspecified atom stereocenters. The van der Waals surface area contributed by atoms with Gasteiger partial charge in [0.05, 0.1) is 24.3 Å². The quantitative estimate of drug-likeness (QED) is 0.537. The van der Waals surface area contributed by atoms with Gasteiger partial charge in [-0.2, -0.15) is 0 Å². The Kier molecular flexibility index (Phi) is 5.08. The first-order chi connectivity index (χ1) is 16.2. The van der Waals surface area contributed by atoms with Crippen LogP contribution in [0.3, 0.4) is 0 Å². The van der Waals surface area contributed by atoms with E-state index in [9.17, 15) is 9.59 Å². The average Bonchev–Trinajstić information content (AvgIpc) is 3.27. The molecular weight excluding hydrogens is 424 g/mol. The van der Waals surface area contributed by atoms with Crippen molar-refractivity contribution in [3.8, 4) is 5.69 Å². The fourth-order valence-corrected chi connectivity index (χ4v) is 5.36. The molecule has 0 bridgehead atoms. The van der Waals surface area contributed by atoms with Gasteiger partial charge in [-0.1, -0.05) is 30.3 Å². The van der Waals surface area contributed by atoms with E-state index in [1.807, 2.05) is 31.2 Å². The number of carbonyl (C=O) groups is 2. The molecule has 0 amide bonds. The lowest BCUT2D eigenvalue weighted by molar-refractivity contribution is -0.136. The average molecular weight is 453 g/mol. The second-order valence-electron chi connectivity index (χ2n) is 9.18. The zero-order valence-corrected chi connectivity index (χ0v) is 20.4. The van der Waals surface area contributed by atoms with E-state index in [0.29, 0.717) is 22.4 Å². The number of Topliss-reactive ketones (excluding diaryl/α,β-unsaturated/α-hetero) is 1. The van der Waals surface area contributed by atoms with Gasteiger partial charge in [0.15, 0.2) is 5.78 Å². The van der Waals surface area contributed by atoms with E-state index in [0.717, 1.165) is 33.9 Å². The Morgan fingerprint density at radius 1 is 0.941 bits per heavy atom. The lowest BCUT2D eigenvalue weighted by atomic mass is 9.79. The van der Waals surface area contributed by atoms with Crippen molar-refractivity contribution in [2.75, 3.05) is 7.11 Å². The number of ketones is 1. The second kappa shape index (κ2) is 7.87. The molecule has 1 aliphatic carbocycles. The first-order valence-electron chi connectivity index (χ1n) is 11.5. The third-order valence-electron chi connectivity index (χ3n) is 7.18. The van der Waals surface area contributed by atoms with E-state index >= 15 is 0 Å². The number of carbonyl (C=O) groups excluding carboxylic acids is 2. The smallest absolute Gasteiger partial charge is 0.336 e. The summed E-state index contributed by atoms with van der Waals surface area (Å²) in [6.07, 6.45) is 0. The maximum absolute atomic E-state index is 13.7. The molecule has 5 rings (SSSR count). The van der Waals surface area contributed by atoms with Crippen molar-refractivity contribution in [1.29, 1.82) is 0 Å². The summed E-state index contributed by atoms with van der Waals surface area (Å²) in [5, 5.41) is 3.35. The molecule has 5 heteroatoms. The molecule has 0 fully saturated rings. The number of allylic oxidation sites excluding steroid dienone is 2. The molecule has 3 aromatic rings. The summed E-state index contributed by atoms with van der Waals surface area (Å²) < 4.78 is 7.38. The standard InChI is InChI=1S/C29H28N2O3/c1-15-11-12-20(13-16(15)2)31-17(3)14-23(19(31)5)25-24(29(33)34-6)18(4)30-27-21-9-7-8-10-22(21)28(32)26(25)27/h7-14,25,30H,1-6H3/t25-/m0/s1. The molecule has 1 N–H and O–H groups in total. The van der Waals surface area contributed by atoms with Gasteiger partial charge in [-0.15, -0.1) is 0 Å². The molecule has 2 aromatic carbocycles. The summed E-state index contributed by atoms with van der Waals surface area (Å²) in [4.78, 5) is 26.7. The van der Waals surface area contributed by atoms with Crippen molar-refractivity contribution in [2.24, 2.45) is 0 Å². The van der Waals surface area contributed by atoms with Crippen LogP contribution >= 0.6 is 0 Å². The molecule has 172 valence electrons. The van der Waals surface area contributed by atoms with Crippen LogP contribution in [0.15, 0.2) is 65.4 Å². The Morgan fingerprint density at radius 3 is 2.32 bits per heavy atom. The van der Waals surface area contributed by atoms with Gasteiger partial charge < -0.3 is 14.6 Å². The van der Waals surface area contributed by atoms with Crippen molar-refractivity contribution in [1.82, 2.24) is 9.88 Å². The molecule has 1 aromatic heterocycles. The normalized spacial score (nSPS) is 17.0. The minimum Gasteiger partial charge on any atom is -0.466 e. The Morgan fingerprint density at radius 2 is 1.65 bits per heavy atom. The minimum absolute atomic E-state index is 0.0482. The summed E-state index contributed by atoms with van der Waals surface area (Å²) >= 11 is 0. The third kappa shape index (κ3) is 3.07. The molecule has 34 heavy (non-hydrogen) atoms. The van der Waals surface area contributed by atoms with E-state index in [4.69, 9.17) is 4.74 Å². The van der Waals surface area contributed by atoms with Crippen LogP contribution in [0.5, 0.6) is 0 Å². The predicted octanol–water partition coefficient (Wildman–Crippen LogP) is 5.45. The number of nitrogens with one attached hydrogen (secondary N) is 1. The van der Waals surface area contributed by atoms with Gasteiger partial charge in [0, 0.05) is 39.5 Å². The minimum atomic E-state index is -0.518. The van der Waals surface area contributed by atoms with E-state index in [1.165, 1.54) is 18.2 Å². The Hall–Kier alpha value is -3.86. The molecule has 0 saturated carbocycles. The SMILES string of the molecule is COC(=O)C1=C(C)NC2=C(C(=O)c3ccccc32)[C@H]1c1cc(C)n(-c2ccc(C)c(C)c2)c1C. The fraction of sp³-hybridized carbons (Fsp3) is 0.241. The van der Waals surface area contributed by atoms with Gasteiger partial charge in [-0.3, -0.25) is 4.79 Å². The lowest BCUT2D eigenvalue weighted by Crippen LogP contribution is -2.29. The Labute approximate surface area is 199 Å². The highest BCUT2D eigenvalue weighted by molar-refractivity contribution is 6.23. The Balaban J connectivity index is 1.75. The van der Waals surface area contributed by atoms with Crippen molar-refractivity contribution >= 4 is 17.4 Å². The maximum atomic E-state index is 13.7. The fourth-order valence-electron chi connectivity index (χ4n) is 5.36. The zero-order valence-electron chi connectivity index (χ0n) is 20.4. The van der Waals surface area contributed by atoms with Crippen LogP contribution in [0.1, 0.15) is 56.8 Å². The largest absolute Gasteiger partial charge is 0.466 e. The predicted molar refractivity (Wildman–Crippen MR) is 133 cm³/mol. The lowest BCUT2D eigenvalue weighted by Gasteiger charge is -2.29. The van der Waals surface area contributed by atoms with Crippen molar-refractivity contribution in [3.63, 3.8) is 0 Å². The highest BCUT2D eigenvalue weighted by Crippen LogP contribution is 2.48. The second-order valence-corrected chi connectivity index (χ2v) is 9.18. The van der Waals surface area contributed by atoms with Crippen LogP contribution in [0.25, 0.3) is 11.4 Å². The number of methoxy groups -OCH3 is 1. The van der Waals surface area contributed by atoms with Gasteiger partial charge in [-0.05, 0) is 69.5 Å². The number of rotatable bonds is 3. The molecule has 0 radical (unpaired) electrons. The molecule has 0 saturated heterocycles. The highest BCUT2D eigenvalue weighted by atomic mass is 16.5. The maximum Gasteiger partial charge on any atom is 0.336 e. The zero-order chi connectivity index (χ0) is 24.3. The number of hydrogen-bond acceptors (Lipinski definition) is 4. The number of dihydropyridines is 1. The number of esters is 1. The van der Waals surface area contributed by atoms with Crippen molar-refractivity contribution in [3.05, 3.63) is 105 Å². The van der Waals surface area contributed by atoms with E-state index < -0.39 is 11.9 Å². The van der Waals surface area contributed by atoms with Crippen LogP contribution in [0.4, 0.5) is 0 Å². The number of fused-ring (bicyclic) bond motifs is 2. The van der Waals surface area contributed by atoms with Crippen LogP contribution in [-0.2, 0) is 9.53 Å². The number of nitrogens with zero attached hydrogens (tertiary/aromatic N) is 1. The van der Waals surface area contributed by atoms with E-state index in [1.54, 1.807) is 0 Å². The van der Waals surface area contributed by atoms with Crippen molar-refractivity contribution in [2.45, 2.75) is 40.5 Å². The van der Waals surface area contributed by atoms with E-state index in [-0.39, 0.29) is 5.78 Å². The molecule has 1 atom stereocenters. The Bertz CT molecular complexity index is 1450. The molecule has 2 heterocycles. The summed E-state index contributed by atoms with van der Waals surface area (Å²) in [7, 11) is 1.38. The van der Waals surface area contributed by atoms with Crippen LogP contribution < -0.4 is 5.32 Å². The summed E-state index contributed by atoms with van der Waals surface area (Å²) in [5.41, 5.74) is 10.6. The first kappa shape index (κ1) is 22.0. The third-order valence-corrected chi connectivity index (χ3v) is 7.18. The topological polar surface area (TPSA) is 60.3 Å². The number of hydrogen-bond donors (Lipinski definition) is 1. The summed E-state index contributed by atoms with van der Waals surface area (Å²) in [5.74, 6) is -0.996.